The zero-order chi connectivity index (χ0) is 43.0. The first-order chi connectivity index (χ1) is 30.0. The van der Waals surface area contributed by atoms with Gasteiger partial charge in [0.25, 0.3) is 0 Å². The lowest BCUT2D eigenvalue weighted by Crippen LogP contribution is -2.32. The van der Waals surface area contributed by atoms with Crippen LogP contribution in [0.4, 0.5) is 0 Å². The van der Waals surface area contributed by atoms with Gasteiger partial charge in [-0.25, -0.2) is 4.79 Å². The second-order valence-corrected chi connectivity index (χ2v) is 18.0. The molecule has 2 N–H and O–H groups in total. The third-order valence-electron chi connectivity index (χ3n) is 13.0. The minimum atomic E-state index is -1.23. The average Bonchev–Trinajstić information content (AvgIpc) is 3.55. The van der Waals surface area contributed by atoms with Crippen molar-refractivity contribution in [2.75, 3.05) is 0 Å². The minimum Gasteiger partial charge on any atom is -0.508 e. The normalized spacial score (nSPS) is 13.8. The summed E-state index contributed by atoms with van der Waals surface area (Å²) in [6.07, 6.45) is 47.1. The Morgan fingerprint density at radius 3 is 1.33 bits per heavy atom. The van der Waals surface area contributed by atoms with Crippen molar-refractivity contribution in [2.45, 2.75) is 212 Å². The third kappa shape index (κ3) is 14.5. The van der Waals surface area contributed by atoms with Gasteiger partial charge in [-0.15, -0.1) is 0 Å². The largest absolute Gasteiger partial charge is 0.508 e. The first-order valence-corrected chi connectivity index (χ1v) is 25.0. The molecule has 61 heavy (non-hydrogen) atoms. The highest BCUT2D eigenvalue weighted by Crippen LogP contribution is 2.57. The van der Waals surface area contributed by atoms with Gasteiger partial charge in [0.15, 0.2) is 5.60 Å². The van der Waals surface area contributed by atoms with Gasteiger partial charge in [-0.05, 0) is 112 Å². The Morgan fingerprint density at radius 1 is 0.475 bits per heavy atom. The lowest BCUT2D eigenvalue weighted by Gasteiger charge is -2.36. The minimum absolute atomic E-state index is 0.0636. The number of aryl methyl sites for hydroxylation is 1. The number of unbranched alkanes of at least 4 members (excludes halogenated alkanes) is 24. The molecule has 0 fully saturated rings. The molecule has 5 nitrogen and oxygen atoms in total. The summed E-state index contributed by atoms with van der Waals surface area (Å²) in [5.74, 6) is 0.656. The molecule has 0 saturated carbocycles. The summed E-state index contributed by atoms with van der Waals surface area (Å²) in [5, 5.41) is 20.8. The van der Waals surface area contributed by atoms with Crippen molar-refractivity contribution in [3.63, 3.8) is 0 Å². The zero-order valence-corrected chi connectivity index (χ0v) is 38.3. The molecular weight excluding hydrogens is 753 g/mol. The maximum atomic E-state index is 14.3. The van der Waals surface area contributed by atoms with Gasteiger partial charge < -0.3 is 19.7 Å². The van der Waals surface area contributed by atoms with Gasteiger partial charge in [0.1, 0.15) is 23.0 Å². The quantitative estimate of drug-likeness (QED) is 0.0372. The van der Waals surface area contributed by atoms with Crippen molar-refractivity contribution < 1.29 is 24.5 Å². The predicted octanol–water partition coefficient (Wildman–Crippen LogP) is 16.8. The standard InChI is InChI=1S/C56H80O5/c1-3-5-7-9-11-13-15-17-19-21-23-25-27-29-31-33-35-45-37-40-51-54(48(45)36-34-32-30-28-26-24-22-20-18-16-14-12-10-8-6-4-2)55(59)61-56(51)49-41-38-46(57)43-52(49)60-53-44-47(58)39-42-50(53)56/h17-20,37-44,57-58H,3-16,21-36H2,1-2H3. The van der Waals surface area contributed by atoms with E-state index in [1.54, 1.807) is 36.4 Å². The molecule has 3 aromatic carbocycles. The molecule has 0 atom stereocenters. The molecule has 5 rings (SSSR count). The second kappa shape index (κ2) is 27.2. The van der Waals surface area contributed by atoms with E-state index in [1.165, 1.54) is 166 Å². The molecule has 2 heterocycles. The molecule has 0 radical (unpaired) electrons. The molecule has 0 aliphatic carbocycles. The van der Waals surface area contributed by atoms with E-state index in [-0.39, 0.29) is 17.5 Å². The lowest BCUT2D eigenvalue weighted by molar-refractivity contribution is 0.0223. The van der Waals surface area contributed by atoms with Gasteiger partial charge in [0.2, 0.25) is 0 Å². The Bertz CT molecular complexity index is 1750. The average molecular weight is 833 g/mol. The topological polar surface area (TPSA) is 76.0 Å². The molecule has 5 heteroatoms. The Balaban J connectivity index is 1.16. The maximum absolute atomic E-state index is 14.3. The van der Waals surface area contributed by atoms with Crippen LogP contribution in [0.1, 0.15) is 232 Å². The molecular formula is C56H80O5. The number of allylic oxidation sites excluding steroid dienone is 4. The second-order valence-electron chi connectivity index (χ2n) is 18.0. The van der Waals surface area contributed by atoms with Gasteiger partial charge in [-0.2, -0.15) is 0 Å². The fraction of sp³-hybridized carbons (Fsp3) is 0.589. The van der Waals surface area contributed by atoms with Crippen LogP contribution in [0.5, 0.6) is 23.0 Å². The Labute approximate surface area is 370 Å². The SMILES string of the molecule is CCCCCCCCC=CCCCCCCCCc1ccc2c(c1CCCCCCCCC=CCCCCCCCC)C(=O)OC21c2ccc(O)cc2Oc2cc(O)ccc21. The number of benzene rings is 3. The first-order valence-electron chi connectivity index (χ1n) is 25.0. The van der Waals surface area contributed by atoms with Crippen molar-refractivity contribution in [3.05, 3.63) is 106 Å². The van der Waals surface area contributed by atoms with Crippen LogP contribution in [0.25, 0.3) is 0 Å². The number of hydrogen-bond acceptors (Lipinski definition) is 5. The van der Waals surface area contributed by atoms with E-state index in [1.807, 2.05) is 0 Å². The van der Waals surface area contributed by atoms with Crippen molar-refractivity contribution in [3.8, 4) is 23.0 Å². The van der Waals surface area contributed by atoms with E-state index in [2.05, 4.69) is 50.3 Å². The smallest absolute Gasteiger partial charge is 0.340 e. The Kier molecular flexibility index (Phi) is 21.4. The highest BCUT2D eigenvalue weighted by Gasteiger charge is 2.54. The molecule has 0 unspecified atom stereocenters. The summed E-state index contributed by atoms with van der Waals surface area (Å²) in [6.45, 7) is 4.55. The van der Waals surface area contributed by atoms with Gasteiger partial charge in [-0.3, -0.25) is 0 Å². The molecule has 3 aromatic rings. The van der Waals surface area contributed by atoms with Crippen molar-refractivity contribution in [2.24, 2.45) is 0 Å². The molecule has 0 saturated heterocycles. The monoisotopic (exact) mass is 833 g/mol. The Morgan fingerprint density at radius 2 is 0.869 bits per heavy atom. The highest BCUT2D eigenvalue weighted by atomic mass is 16.6. The van der Waals surface area contributed by atoms with Crippen molar-refractivity contribution in [1.82, 2.24) is 0 Å². The molecule has 334 valence electrons. The van der Waals surface area contributed by atoms with Crippen LogP contribution in [0.15, 0.2) is 72.8 Å². The molecule has 0 amide bonds. The van der Waals surface area contributed by atoms with E-state index < -0.39 is 5.60 Å². The molecule has 0 aromatic heterocycles. The van der Waals surface area contributed by atoms with E-state index in [0.29, 0.717) is 28.2 Å². The molecule has 2 aliphatic rings. The summed E-state index contributed by atoms with van der Waals surface area (Å²) in [5.41, 5.74) is 4.05. The molecule has 0 bridgehead atoms. The molecule has 1 spiro atoms. The fourth-order valence-electron chi connectivity index (χ4n) is 9.53. The number of esters is 1. The summed E-state index contributed by atoms with van der Waals surface area (Å²) in [7, 11) is 0. The van der Waals surface area contributed by atoms with E-state index in [9.17, 15) is 15.0 Å². The summed E-state index contributed by atoms with van der Waals surface area (Å²) in [6, 6.07) is 14.3. The third-order valence-corrected chi connectivity index (χ3v) is 13.0. The number of phenols is 2. The number of aromatic hydroxyl groups is 2. The van der Waals surface area contributed by atoms with Crippen LogP contribution >= 0.6 is 0 Å². The maximum Gasteiger partial charge on any atom is 0.340 e. The number of rotatable bonds is 32. The molecule has 2 aliphatic heterocycles. The number of hydrogen-bond donors (Lipinski definition) is 2. The number of phenolic OH excluding ortho intramolecular Hbond substituents is 2. The van der Waals surface area contributed by atoms with Gasteiger partial charge in [-0.1, -0.05) is 166 Å². The summed E-state index contributed by atoms with van der Waals surface area (Å²) < 4.78 is 12.8. The van der Waals surface area contributed by atoms with E-state index in [0.717, 1.165) is 43.2 Å². The van der Waals surface area contributed by atoms with Gasteiger partial charge in [0, 0.05) is 28.8 Å². The van der Waals surface area contributed by atoms with Gasteiger partial charge in [0.05, 0.1) is 5.56 Å². The summed E-state index contributed by atoms with van der Waals surface area (Å²) in [4.78, 5) is 14.3. The van der Waals surface area contributed by atoms with E-state index in [4.69, 9.17) is 9.47 Å². The van der Waals surface area contributed by atoms with Crippen LogP contribution in [0, 0.1) is 0 Å². The van der Waals surface area contributed by atoms with Crippen LogP contribution in [-0.4, -0.2) is 16.2 Å². The first kappa shape index (κ1) is 48.0. The highest BCUT2D eigenvalue weighted by molar-refractivity contribution is 5.99. The summed E-state index contributed by atoms with van der Waals surface area (Å²) >= 11 is 0. The number of carbonyl (C=O) groups is 1. The van der Waals surface area contributed by atoms with E-state index >= 15 is 0 Å². The van der Waals surface area contributed by atoms with Crippen molar-refractivity contribution in [1.29, 1.82) is 0 Å². The van der Waals surface area contributed by atoms with Crippen LogP contribution in [-0.2, 0) is 23.2 Å². The van der Waals surface area contributed by atoms with Gasteiger partial charge >= 0.3 is 5.97 Å². The van der Waals surface area contributed by atoms with Crippen LogP contribution in [0.3, 0.4) is 0 Å². The zero-order valence-electron chi connectivity index (χ0n) is 38.3. The predicted molar refractivity (Wildman–Crippen MR) is 254 cm³/mol. The number of ether oxygens (including phenoxy) is 2. The Hall–Kier alpha value is -3.99. The number of carbonyl (C=O) groups excluding carboxylic acids is 1. The fourth-order valence-corrected chi connectivity index (χ4v) is 9.53. The number of fused-ring (bicyclic) bond motifs is 6. The van der Waals surface area contributed by atoms with Crippen LogP contribution in [0.2, 0.25) is 0 Å². The van der Waals surface area contributed by atoms with Crippen molar-refractivity contribution >= 4 is 5.97 Å². The van der Waals surface area contributed by atoms with Crippen LogP contribution < -0.4 is 4.74 Å². The lowest BCUT2D eigenvalue weighted by atomic mass is 9.76.